The van der Waals surface area contributed by atoms with E-state index in [9.17, 15) is 14.7 Å². The molecule has 0 spiro atoms. The smallest absolute Gasteiger partial charge is 0.300 e. The van der Waals surface area contributed by atoms with Gasteiger partial charge in [-0.05, 0) is 74.2 Å². The summed E-state index contributed by atoms with van der Waals surface area (Å²) in [7, 11) is 1.56. The molecule has 1 aliphatic heterocycles. The van der Waals surface area contributed by atoms with Crippen LogP contribution in [-0.4, -0.2) is 30.0 Å². The van der Waals surface area contributed by atoms with Gasteiger partial charge in [0, 0.05) is 16.1 Å². The lowest BCUT2D eigenvalue weighted by Crippen LogP contribution is -2.29. The number of aliphatic hydroxyl groups excluding tert-OH is 1. The number of thiophene rings is 1. The van der Waals surface area contributed by atoms with Crippen LogP contribution in [0.4, 0.5) is 5.69 Å². The molecule has 1 fully saturated rings. The summed E-state index contributed by atoms with van der Waals surface area (Å²) in [5.74, 6) is -0.426. The van der Waals surface area contributed by atoms with Gasteiger partial charge < -0.3 is 14.6 Å². The minimum atomic E-state index is -0.743. The lowest BCUT2D eigenvalue weighted by Gasteiger charge is -2.25. The second-order valence-corrected chi connectivity index (χ2v) is 8.98. The first-order valence-corrected chi connectivity index (χ1v) is 11.5. The van der Waals surface area contributed by atoms with Crippen LogP contribution in [0.1, 0.15) is 35.9 Å². The Morgan fingerprint density at radius 1 is 1.06 bits per heavy atom. The first kappa shape index (κ1) is 22.6. The van der Waals surface area contributed by atoms with Crippen LogP contribution in [0.5, 0.6) is 11.5 Å². The van der Waals surface area contributed by atoms with Crippen molar-refractivity contribution in [2.75, 3.05) is 12.0 Å². The fraction of sp³-hybridized carbons (Fsp3) is 0.231. The lowest BCUT2D eigenvalue weighted by molar-refractivity contribution is -0.132. The Kier molecular flexibility index (Phi) is 6.24. The number of rotatable bonds is 6. The number of benzene rings is 2. The molecule has 1 N–H and O–H groups in total. The molecule has 1 atom stereocenters. The number of ether oxygens (including phenoxy) is 2. The zero-order valence-electron chi connectivity index (χ0n) is 18.9. The summed E-state index contributed by atoms with van der Waals surface area (Å²) in [5, 5.41) is 13.2. The number of anilines is 1. The Morgan fingerprint density at radius 2 is 1.79 bits per heavy atom. The summed E-state index contributed by atoms with van der Waals surface area (Å²) in [6, 6.07) is 15.0. The topological polar surface area (TPSA) is 76.1 Å². The van der Waals surface area contributed by atoms with Gasteiger partial charge in [0.2, 0.25) is 0 Å². The highest BCUT2D eigenvalue weighted by atomic mass is 32.1. The van der Waals surface area contributed by atoms with Crippen molar-refractivity contribution >= 4 is 34.5 Å². The second kappa shape index (κ2) is 9.11. The number of aliphatic hydroxyl groups is 1. The first-order chi connectivity index (χ1) is 15.8. The Morgan fingerprint density at radius 3 is 2.39 bits per heavy atom. The summed E-state index contributed by atoms with van der Waals surface area (Å²) >= 11 is 1.44. The van der Waals surface area contributed by atoms with Crippen LogP contribution in [0.25, 0.3) is 5.76 Å². The number of ketones is 1. The van der Waals surface area contributed by atoms with Gasteiger partial charge in [0.05, 0.1) is 18.8 Å². The predicted octanol–water partition coefficient (Wildman–Crippen LogP) is 5.48. The van der Waals surface area contributed by atoms with Gasteiger partial charge >= 0.3 is 0 Å². The molecule has 0 radical (unpaired) electrons. The van der Waals surface area contributed by atoms with E-state index in [-0.39, 0.29) is 17.4 Å². The third-order valence-electron chi connectivity index (χ3n) is 5.42. The average molecular weight is 464 g/mol. The molecular formula is C26H25NO5S. The normalized spacial score (nSPS) is 17.6. The van der Waals surface area contributed by atoms with E-state index in [1.165, 1.54) is 16.2 Å². The molecular weight excluding hydrogens is 438 g/mol. The van der Waals surface area contributed by atoms with Gasteiger partial charge in [-0.25, -0.2) is 0 Å². The molecule has 2 heterocycles. The van der Waals surface area contributed by atoms with E-state index >= 15 is 0 Å². The van der Waals surface area contributed by atoms with E-state index in [1.807, 2.05) is 32.2 Å². The Hall–Kier alpha value is -3.58. The molecule has 0 saturated carbocycles. The fourth-order valence-corrected chi connectivity index (χ4v) is 4.92. The summed E-state index contributed by atoms with van der Waals surface area (Å²) in [6.45, 7) is 5.75. The summed E-state index contributed by atoms with van der Waals surface area (Å²) in [4.78, 5) is 28.7. The van der Waals surface area contributed by atoms with Gasteiger partial charge in [0.15, 0.2) is 0 Å². The van der Waals surface area contributed by atoms with Crippen LogP contribution in [0, 0.1) is 6.92 Å². The van der Waals surface area contributed by atoms with Crippen LogP contribution in [-0.2, 0) is 9.59 Å². The van der Waals surface area contributed by atoms with Gasteiger partial charge in [0.1, 0.15) is 23.3 Å². The van der Waals surface area contributed by atoms with Crippen LogP contribution in [0.3, 0.4) is 0 Å². The average Bonchev–Trinajstić information content (AvgIpc) is 3.33. The van der Waals surface area contributed by atoms with Crippen LogP contribution in [0.2, 0.25) is 0 Å². The number of hydrogen-bond acceptors (Lipinski definition) is 6. The maximum Gasteiger partial charge on any atom is 0.300 e. The minimum absolute atomic E-state index is 0.0446. The third-order valence-corrected chi connectivity index (χ3v) is 6.50. The van der Waals surface area contributed by atoms with Crippen molar-refractivity contribution in [3.63, 3.8) is 0 Å². The Labute approximate surface area is 196 Å². The number of Topliss-reactive ketones (excluding diaryl/α,β-unsaturated/α-hetero) is 1. The Bertz CT molecular complexity index is 1230. The van der Waals surface area contributed by atoms with E-state index in [4.69, 9.17) is 9.47 Å². The molecule has 0 aliphatic carbocycles. The van der Waals surface area contributed by atoms with Crippen molar-refractivity contribution in [3.8, 4) is 11.5 Å². The number of methoxy groups -OCH3 is 1. The van der Waals surface area contributed by atoms with Crippen molar-refractivity contribution in [1.82, 2.24) is 0 Å². The molecule has 170 valence electrons. The largest absolute Gasteiger partial charge is 0.507 e. The summed E-state index contributed by atoms with van der Waals surface area (Å²) in [5.41, 5.74) is 1.96. The molecule has 0 bridgehead atoms. The summed E-state index contributed by atoms with van der Waals surface area (Å²) in [6.07, 6.45) is -0.0446. The molecule has 1 unspecified atom stereocenters. The van der Waals surface area contributed by atoms with Gasteiger partial charge in [0.25, 0.3) is 11.7 Å². The zero-order chi connectivity index (χ0) is 23.7. The Balaban J connectivity index is 1.88. The highest BCUT2D eigenvalue weighted by Crippen LogP contribution is 2.45. The molecule has 7 heteroatoms. The number of carbonyl (C=O) groups is 2. The van der Waals surface area contributed by atoms with E-state index in [2.05, 4.69) is 0 Å². The van der Waals surface area contributed by atoms with Gasteiger partial charge in [-0.2, -0.15) is 0 Å². The first-order valence-electron chi connectivity index (χ1n) is 10.6. The van der Waals surface area contributed by atoms with E-state index in [0.717, 1.165) is 10.4 Å². The van der Waals surface area contributed by atoms with Gasteiger partial charge in [-0.15, -0.1) is 11.3 Å². The van der Waals surface area contributed by atoms with Crippen LogP contribution in [0.15, 0.2) is 65.6 Å². The van der Waals surface area contributed by atoms with Crippen molar-refractivity contribution in [3.05, 3.63) is 81.6 Å². The molecule has 4 rings (SSSR count). The van der Waals surface area contributed by atoms with Crippen molar-refractivity contribution in [2.24, 2.45) is 0 Å². The second-order valence-electron chi connectivity index (χ2n) is 8.03. The SMILES string of the molecule is COc1ccc(N2C(=O)C(=O)/C(=C(\O)c3cccc(OC(C)C)c3)C2c2sccc2C)cc1. The molecule has 33 heavy (non-hydrogen) atoms. The van der Waals surface area contributed by atoms with Gasteiger partial charge in [-0.1, -0.05) is 12.1 Å². The molecule has 1 saturated heterocycles. The molecule has 1 aromatic heterocycles. The lowest BCUT2D eigenvalue weighted by atomic mass is 9.98. The number of aryl methyl sites for hydroxylation is 1. The predicted molar refractivity (Wildman–Crippen MR) is 129 cm³/mol. The number of hydrogen-bond donors (Lipinski definition) is 1. The highest BCUT2D eigenvalue weighted by molar-refractivity contribution is 7.10. The number of nitrogens with zero attached hydrogens (tertiary/aromatic N) is 1. The maximum atomic E-state index is 13.2. The number of carbonyl (C=O) groups excluding carboxylic acids is 2. The third kappa shape index (κ3) is 4.24. The number of amides is 1. The van der Waals surface area contributed by atoms with Gasteiger partial charge in [-0.3, -0.25) is 14.5 Å². The van der Waals surface area contributed by atoms with Crippen LogP contribution >= 0.6 is 11.3 Å². The molecule has 1 aliphatic rings. The molecule has 1 amide bonds. The van der Waals surface area contributed by atoms with Crippen molar-refractivity contribution < 1.29 is 24.2 Å². The highest BCUT2D eigenvalue weighted by Gasteiger charge is 2.47. The van der Waals surface area contributed by atoms with Crippen molar-refractivity contribution in [2.45, 2.75) is 32.9 Å². The zero-order valence-corrected chi connectivity index (χ0v) is 19.7. The molecule has 6 nitrogen and oxygen atoms in total. The fourth-order valence-electron chi connectivity index (χ4n) is 3.90. The van der Waals surface area contributed by atoms with E-state index < -0.39 is 17.7 Å². The summed E-state index contributed by atoms with van der Waals surface area (Å²) < 4.78 is 11.0. The standard InChI is InChI=1S/C26H25NO5S/c1-15(2)32-20-7-5-6-17(14-20)23(28)21-22(25-16(3)12-13-33-25)27(26(30)24(21)29)18-8-10-19(31-4)11-9-18/h5-15,22,28H,1-4H3/b23-21-. The van der Waals surface area contributed by atoms with Crippen molar-refractivity contribution in [1.29, 1.82) is 0 Å². The molecule has 2 aromatic carbocycles. The minimum Gasteiger partial charge on any atom is -0.507 e. The quantitative estimate of drug-likeness (QED) is 0.298. The molecule has 3 aromatic rings. The van der Waals surface area contributed by atoms with E-state index in [1.54, 1.807) is 55.6 Å². The maximum absolute atomic E-state index is 13.2. The monoisotopic (exact) mass is 463 g/mol. The van der Waals surface area contributed by atoms with Crippen LogP contribution < -0.4 is 14.4 Å². The van der Waals surface area contributed by atoms with E-state index in [0.29, 0.717) is 22.7 Å².